The molecule has 10 heteroatoms. The van der Waals surface area contributed by atoms with Gasteiger partial charge in [-0.15, -0.1) is 0 Å². The number of H-pyrrole nitrogens is 1. The van der Waals surface area contributed by atoms with Crippen LogP contribution in [-0.2, 0) is 29.7 Å². The first-order valence-corrected chi connectivity index (χ1v) is 9.88. The van der Waals surface area contributed by atoms with Gasteiger partial charge in [-0.3, -0.25) is 19.3 Å². The highest BCUT2D eigenvalue weighted by Crippen LogP contribution is 2.14. The predicted octanol–water partition coefficient (Wildman–Crippen LogP) is 1.54. The number of aromatic amines is 1. The number of carbonyl (C=O) groups is 2. The normalized spacial score (nSPS) is 10.3. The molecule has 10 nitrogen and oxygen atoms in total. The summed E-state index contributed by atoms with van der Waals surface area (Å²) in [6.07, 6.45) is 1.87. The third kappa shape index (κ3) is 8.32. The van der Waals surface area contributed by atoms with E-state index in [1.165, 1.54) is 0 Å². The molecule has 3 rings (SSSR count). The lowest BCUT2D eigenvalue weighted by Crippen LogP contribution is -2.34. The van der Waals surface area contributed by atoms with Crippen molar-refractivity contribution in [3.8, 4) is 0 Å². The zero-order valence-corrected chi connectivity index (χ0v) is 18.9. The van der Waals surface area contributed by atoms with Gasteiger partial charge in [-0.25, -0.2) is 4.98 Å². The molecular formula is C22H31N5O5. The van der Waals surface area contributed by atoms with E-state index in [1.54, 1.807) is 4.57 Å². The number of nitrogens with one attached hydrogen (secondary N) is 1. The van der Waals surface area contributed by atoms with Gasteiger partial charge in [0, 0.05) is 50.7 Å². The van der Waals surface area contributed by atoms with Crippen LogP contribution in [0.1, 0.15) is 17.1 Å². The Labute approximate surface area is 186 Å². The van der Waals surface area contributed by atoms with Crippen molar-refractivity contribution in [3.05, 3.63) is 64.0 Å². The molecule has 0 aliphatic heterocycles. The molecule has 0 unspecified atom stereocenters. The van der Waals surface area contributed by atoms with Gasteiger partial charge in [0.1, 0.15) is 5.82 Å². The van der Waals surface area contributed by atoms with Crippen molar-refractivity contribution in [2.45, 2.75) is 20.0 Å². The number of rotatable bonds is 7. The van der Waals surface area contributed by atoms with Crippen LogP contribution in [-0.4, -0.2) is 74.7 Å². The molecular weight excluding hydrogens is 414 g/mol. The van der Waals surface area contributed by atoms with E-state index < -0.39 is 0 Å². The lowest BCUT2D eigenvalue weighted by molar-refractivity contribution is -0.123. The van der Waals surface area contributed by atoms with E-state index in [4.69, 9.17) is 19.8 Å². The highest BCUT2D eigenvalue weighted by molar-refractivity contribution is 5.79. The maximum absolute atomic E-state index is 12.8. The van der Waals surface area contributed by atoms with Crippen LogP contribution >= 0.6 is 0 Å². The minimum Gasteiger partial charge on any atom is -0.483 e. The number of hydrogen-bond acceptors (Lipinski definition) is 6. The summed E-state index contributed by atoms with van der Waals surface area (Å²) >= 11 is 0. The fraction of sp³-hybridized carbons (Fsp3) is 0.364. The molecule has 0 fully saturated rings. The second kappa shape index (κ2) is 13.7. The molecule has 0 amide bonds. The van der Waals surface area contributed by atoms with Gasteiger partial charge in [0.05, 0.1) is 5.52 Å². The van der Waals surface area contributed by atoms with Crippen LogP contribution in [0.25, 0.3) is 10.9 Å². The Bertz CT molecular complexity index is 1040. The highest BCUT2D eigenvalue weighted by atomic mass is 16.3. The maximum Gasteiger partial charge on any atom is 0.290 e. The Morgan fingerprint density at radius 3 is 2.28 bits per heavy atom. The van der Waals surface area contributed by atoms with Crippen molar-refractivity contribution >= 4 is 23.8 Å². The lowest BCUT2D eigenvalue weighted by atomic mass is 10.1. The fourth-order valence-electron chi connectivity index (χ4n) is 3.19. The van der Waals surface area contributed by atoms with Crippen LogP contribution in [0.4, 0.5) is 0 Å². The van der Waals surface area contributed by atoms with Crippen LogP contribution in [0, 0.1) is 6.92 Å². The van der Waals surface area contributed by atoms with Gasteiger partial charge in [0.2, 0.25) is 0 Å². The smallest absolute Gasteiger partial charge is 0.290 e. The summed E-state index contributed by atoms with van der Waals surface area (Å²) in [5, 5.41) is 14.9. The quantitative estimate of drug-likeness (QED) is 0.467. The van der Waals surface area contributed by atoms with Crippen molar-refractivity contribution < 1.29 is 19.8 Å². The van der Waals surface area contributed by atoms with E-state index in [9.17, 15) is 4.79 Å². The monoisotopic (exact) mass is 445 g/mol. The summed E-state index contributed by atoms with van der Waals surface area (Å²) in [6.45, 7) is 4.61. The average Bonchev–Trinajstić information content (AvgIpc) is 3.15. The summed E-state index contributed by atoms with van der Waals surface area (Å²) in [4.78, 5) is 41.6. The SMILES string of the molecule is Cc1ncc(CN(CCN(C)C)Cc2cc3ccccc3n(C)c2=O)[nH]1.O=CO.O=CO. The number of para-hydroxylation sites is 1. The van der Waals surface area contributed by atoms with Crippen LogP contribution in [0.3, 0.4) is 0 Å². The zero-order valence-electron chi connectivity index (χ0n) is 18.9. The predicted molar refractivity (Wildman–Crippen MR) is 123 cm³/mol. The molecule has 1 aromatic carbocycles. The number of hydrogen-bond donors (Lipinski definition) is 3. The van der Waals surface area contributed by atoms with Crippen LogP contribution in [0.15, 0.2) is 41.3 Å². The van der Waals surface area contributed by atoms with Gasteiger partial charge in [-0.1, -0.05) is 18.2 Å². The molecule has 0 aliphatic carbocycles. The van der Waals surface area contributed by atoms with Crippen molar-refractivity contribution in [1.29, 1.82) is 0 Å². The molecule has 0 spiro atoms. The van der Waals surface area contributed by atoms with Crippen molar-refractivity contribution in [3.63, 3.8) is 0 Å². The van der Waals surface area contributed by atoms with Gasteiger partial charge >= 0.3 is 0 Å². The van der Waals surface area contributed by atoms with E-state index in [1.807, 2.05) is 44.4 Å². The minimum atomic E-state index is -0.250. The molecule has 0 radical (unpaired) electrons. The fourth-order valence-corrected chi connectivity index (χ4v) is 3.19. The first-order valence-electron chi connectivity index (χ1n) is 9.88. The third-order valence-electron chi connectivity index (χ3n) is 4.61. The van der Waals surface area contributed by atoms with Gasteiger partial charge in [-0.05, 0) is 38.5 Å². The van der Waals surface area contributed by atoms with Gasteiger partial charge in [-0.2, -0.15) is 0 Å². The Balaban J connectivity index is 0.000000769. The molecule has 32 heavy (non-hydrogen) atoms. The first-order chi connectivity index (χ1) is 15.3. The first kappa shape index (κ1) is 26.5. The Hall–Kier alpha value is -3.50. The molecule has 0 aliphatic rings. The second-order valence-corrected chi connectivity index (χ2v) is 7.31. The van der Waals surface area contributed by atoms with E-state index in [0.29, 0.717) is 6.54 Å². The molecule has 3 aromatic rings. The van der Waals surface area contributed by atoms with Crippen LogP contribution in [0.2, 0.25) is 0 Å². The van der Waals surface area contributed by atoms with Crippen molar-refractivity contribution in [2.24, 2.45) is 7.05 Å². The number of benzene rings is 1. The van der Waals surface area contributed by atoms with Gasteiger partial charge < -0.3 is 24.7 Å². The summed E-state index contributed by atoms with van der Waals surface area (Å²) in [5.74, 6) is 0.911. The molecule has 0 saturated heterocycles. The summed E-state index contributed by atoms with van der Waals surface area (Å²) in [5.41, 5.74) is 2.92. The van der Waals surface area contributed by atoms with E-state index in [2.05, 4.69) is 39.9 Å². The highest BCUT2D eigenvalue weighted by Gasteiger charge is 2.13. The Kier molecular flexibility index (Phi) is 11.4. The van der Waals surface area contributed by atoms with E-state index in [-0.39, 0.29) is 18.5 Å². The van der Waals surface area contributed by atoms with E-state index >= 15 is 0 Å². The van der Waals surface area contributed by atoms with Gasteiger partial charge in [0.15, 0.2) is 0 Å². The Morgan fingerprint density at radius 2 is 1.72 bits per heavy atom. The maximum atomic E-state index is 12.8. The number of pyridine rings is 1. The number of carboxylic acid groups (broad SMARTS) is 2. The number of aromatic nitrogens is 3. The summed E-state index contributed by atoms with van der Waals surface area (Å²) in [7, 11) is 5.97. The number of aryl methyl sites for hydroxylation is 2. The third-order valence-corrected chi connectivity index (χ3v) is 4.61. The molecule has 0 bridgehead atoms. The molecule has 0 saturated carbocycles. The van der Waals surface area contributed by atoms with E-state index in [0.717, 1.165) is 47.6 Å². The van der Waals surface area contributed by atoms with Gasteiger partial charge in [0.25, 0.3) is 18.5 Å². The molecule has 2 heterocycles. The molecule has 3 N–H and O–H groups in total. The summed E-state index contributed by atoms with van der Waals surface area (Å²) < 4.78 is 1.75. The minimum absolute atomic E-state index is 0.0688. The second-order valence-electron chi connectivity index (χ2n) is 7.31. The largest absolute Gasteiger partial charge is 0.483 e. The standard InChI is InChI=1S/C20H27N5O.2CH2O2/c1-15-21-12-18(22-15)14-25(10-9-23(2)3)13-17-11-16-7-5-6-8-19(16)24(4)20(17)26;2*2-1-3/h5-8,11-12H,9-10,13-14H2,1-4H3,(H,21,22);2*1H,(H,2,3). The lowest BCUT2D eigenvalue weighted by Gasteiger charge is -2.24. The van der Waals surface area contributed by atoms with Crippen LogP contribution < -0.4 is 5.56 Å². The molecule has 174 valence electrons. The number of nitrogens with zero attached hydrogens (tertiary/aromatic N) is 4. The van der Waals surface area contributed by atoms with Crippen molar-refractivity contribution in [1.82, 2.24) is 24.3 Å². The average molecular weight is 446 g/mol. The number of imidazole rings is 1. The van der Waals surface area contributed by atoms with Crippen molar-refractivity contribution in [2.75, 3.05) is 27.2 Å². The van der Waals surface area contributed by atoms with Crippen LogP contribution in [0.5, 0.6) is 0 Å². The molecule has 0 atom stereocenters. The molecule has 2 aromatic heterocycles. The zero-order chi connectivity index (χ0) is 24.1. The number of likely N-dealkylation sites (N-methyl/N-ethyl adjacent to an activating group) is 1. The topological polar surface area (TPSA) is 132 Å². The Morgan fingerprint density at radius 1 is 1.09 bits per heavy atom. The summed E-state index contributed by atoms with van der Waals surface area (Å²) in [6, 6.07) is 10.0. The number of fused-ring (bicyclic) bond motifs is 1.